The molecule has 0 saturated heterocycles. The van der Waals surface area contributed by atoms with Crippen LogP contribution >= 0.6 is 0 Å². The van der Waals surface area contributed by atoms with E-state index < -0.39 is 12.1 Å². The second kappa shape index (κ2) is 5.43. The lowest BCUT2D eigenvalue weighted by Gasteiger charge is -2.15. The van der Waals surface area contributed by atoms with E-state index in [0.29, 0.717) is 5.56 Å². The van der Waals surface area contributed by atoms with E-state index in [1.54, 1.807) is 25.3 Å². The van der Waals surface area contributed by atoms with Crippen LogP contribution in [-0.4, -0.2) is 34.7 Å². The predicted octanol–water partition coefficient (Wildman–Crippen LogP) is -0.480. The van der Waals surface area contributed by atoms with Crippen LogP contribution in [-0.2, 0) is 0 Å². The molecule has 0 spiro atoms. The number of hydrogen-bond acceptors (Lipinski definition) is 4. The summed E-state index contributed by atoms with van der Waals surface area (Å²) < 4.78 is 0. The average molecular weight is 209 g/mol. The van der Waals surface area contributed by atoms with Gasteiger partial charge in [0.2, 0.25) is 0 Å². The van der Waals surface area contributed by atoms with Crippen LogP contribution in [0.3, 0.4) is 0 Å². The second-order valence-electron chi connectivity index (χ2n) is 3.36. The molecule has 0 aliphatic rings. The Morgan fingerprint density at radius 3 is 3.00 bits per heavy atom. The topological polar surface area (TPSA) is 88.2 Å². The highest BCUT2D eigenvalue weighted by Crippen LogP contribution is 1.95. The fourth-order valence-electron chi connectivity index (χ4n) is 0.980. The third-order valence-corrected chi connectivity index (χ3v) is 2.04. The molecule has 82 valence electrons. The van der Waals surface area contributed by atoms with Gasteiger partial charge in [-0.25, -0.2) is 0 Å². The smallest absolute Gasteiger partial charge is 0.252 e. The zero-order chi connectivity index (χ0) is 11.3. The Balaban J connectivity index is 2.44. The lowest BCUT2D eigenvalue weighted by molar-refractivity contribution is 0.0937. The highest BCUT2D eigenvalue weighted by atomic mass is 16.3. The van der Waals surface area contributed by atoms with Gasteiger partial charge >= 0.3 is 0 Å². The van der Waals surface area contributed by atoms with Crippen molar-refractivity contribution >= 4 is 5.91 Å². The number of aliphatic hydroxyl groups excluding tert-OH is 1. The summed E-state index contributed by atoms with van der Waals surface area (Å²) in [5.41, 5.74) is 6.04. The molecule has 15 heavy (non-hydrogen) atoms. The fourth-order valence-corrected chi connectivity index (χ4v) is 0.980. The van der Waals surface area contributed by atoms with Gasteiger partial charge in [0, 0.05) is 25.0 Å². The molecule has 0 aliphatic carbocycles. The van der Waals surface area contributed by atoms with Crippen molar-refractivity contribution in [2.24, 2.45) is 5.73 Å². The monoisotopic (exact) mass is 209 g/mol. The van der Waals surface area contributed by atoms with Crippen molar-refractivity contribution in [1.82, 2.24) is 10.3 Å². The van der Waals surface area contributed by atoms with E-state index in [1.807, 2.05) is 0 Å². The Bertz CT molecular complexity index is 314. The molecule has 1 heterocycles. The van der Waals surface area contributed by atoms with E-state index in [1.165, 1.54) is 6.20 Å². The Kier molecular flexibility index (Phi) is 4.20. The number of aliphatic hydroxyl groups is 1. The number of nitrogens with zero attached hydrogens (tertiary/aromatic N) is 1. The molecule has 0 saturated carbocycles. The normalized spacial score (nSPS) is 14.3. The van der Waals surface area contributed by atoms with E-state index in [2.05, 4.69) is 10.3 Å². The van der Waals surface area contributed by atoms with Crippen LogP contribution in [0.5, 0.6) is 0 Å². The van der Waals surface area contributed by atoms with Crippen molar-refractivity contribution in [3.8, 4) is 0 Å². The fraction of sp³-hybridized carbons (Fsp3) is 0.400. The SMILES string of the molecule is CC(O)C(N)CNC(=O)c1cccnc1. The van der Waals surface area contributed by atoms with Gasteiger partial charge in [-0.3, -0.25) is 9.78 Å². The second-order valence-corrected chi connectivity index (χ2v) is 3.36. The van der Waals surface area contributed by atoms with Gasteiger partial charge in [-0.2, -0.15) is 0 Å². The molecule has 1 aromatic rings. The number of hydrogen-bond donors (Lipinski definition) is 3. The minimum atomic E-state index is -0.640. The predicted molar refractivity (Wildman–Crippen MR) is 56.2 cm³/mol. The number of nitrogens with one attached hydrogen (secondary N) is 1. The Morgan fingerprint density at radius 1 is 1.73 bits per heavy atom. The molecule has 5 heteroatoms. The van der Waals surface area contributed by atoms with Crippen molar-refractivity contribution < 1.29 is 9.90 Å². The van der Waals surface area contributed by atoms with Gasteiger partial charge in [0.15, 0.2) is 0 Å². The Morgan fingerprint density at radius 2 is 2.47 bits per heavy atom. The van der Waals surface area contributed by atoms with Crippen LogP contribution in [0.1, 0.15) is 17.3 Å². The van der Waals surface area contributed by atoms with E-state index >= 15 is 0 Å². The summed E-state index contributed by atoms with van der Waals surface area (Å²) in [6, 6.07) is 2.89. The van der Waals surface area contributed by atoms with Crippen molar-refractivity contribution in [2.75, 3.05) is 6.54 Å². The Labute approximate surface area is 88.3 Å². The van der Waals surface area contributed by atoms with Crippen molar-refractivity contribution in [1.29, 1.82) is 0 Å². The summed E-state index contributed by atoms with van der Waals surface area (Å²) in [4.78, 5) is 15.3. The zero-order valence-electron chi connectivity index (χ0n) is 8.55. The van der Waals surface area contributed by atoms with E-state index in [0.717, 1.165) is 0 Å². The van der Waals surface area contributed by atoms with Crippen molar-refractivity contribution in [2.45, 2.75) is 19.1 Å². The van der Waals surface area contributed by atoms with Crippen molar-refractivity contribution in [3.05, 3.63) is 30.1 Å². The number of pyridine rings is 1. The first kappa shape index (κ1) is 11.6. The van der Waals surface area contributed by atoms with E-state index in [4.69, 9.17) is 10.8 Å². The molecule has 0 bridgehead atoms. The van der Waals surface area contributed by atoms with Crippen LogP contribution in [0, 0.1) is 0 Å². The van der Waals surface area contributed by atoms with Gasteiger partial charge in [0.1, 0.15) is 0 Å². The largest absolute Gasteiger partial charge is 0.392 e. The molecule has 0 aliphatic heterocycles. The van der Waals surface area contributed by atoms with Crippen LogP contribution in [0.2, 0.25) is 0 Å². The first-order chi connectivity index (χ1) is 7.11. The highest BCUT2D eigenvalue weighted by molar-refractivity contribution is 5.93. The minimum Gasteiger partial charge on any atom is -0.392 e. The van der Waals surface area contributed by atoms with Gasteiger partial charge < -0.3 is 16.2 Å². The molecule has 0 fully saturated rings. The van der Waals surface area contributed by atoms with Gasteiger partial charge in [0.25, 0.3) is 5.91 Å². The molecule has 0 aromatic carbocycles. The molecule has 0 radical (unpaired) electrons. The third kappa shape index (κ3) is 3.65. The maximum Gasteiger partial charge on any atom is 0.252 e. The first-order valence-corrected chi connectivity index (χ1v) is 4.73. The number of rotatable bonds is 4. The average Bonchev–Trinajstić information content (AvgIpc) is 2.26. The summed E-state index contributed by atoms with van der Waals surface area (Å²) in [5, 5.41) is 11.7. The molecular weight excluding hydrogens is 194 g/mol. The number of nitrogens with two attached hydrogens (primary N) is 1. The maximum absolute atomic E-state index is 11.5. The van der Waals surface area contributed by atoms with Crippen LogP contribution < -0.4 is 11.1 Å². The van der Waals surface area contributed by atoms with Crippen LogP contribution in [0.25, 0.3) is 0 Å². The van der Waals surface area contributed by atoms with Gasteiger partial charge in [-0.1, -0.05) is 0 Å². The molecule has 1 amide bonds. The van der Waals surface area contributed by atoms with Gasteiger partial charge in [0.05, 0.1) is 11.7 Å². The molecular formula is C10H15N3O2. The van der Waals surface area contributed by atoms with Gasteiger partial charge in [-0.15, -0.1) is 0 Å². The standard InChI is InChI=1S/C10H15N3O2/c1-7(14)9(11)6-13-10(15)8-3-2-4-12-5-8/h2-5,7,9,14H,6,11H2,1H3,(H,13,15). The lowest BCUT2D eigenvalue weighted by atomic mass is 10.2. The first-order valence-electron chi connectivity index (χ1n) is 4.73. The van der Waals surface area contributed by atoms with E-state index in [-0.39, 0.29) is 12.5 Å². The molecule has 4 N–H and O–H groups in total. The summed E-state index contributed by atoms with van der Waals surface area (Å²) in [5.74, 6) is -0.237. The number of aromatic nitrogens is 1. The summed E-state index contributed by atoms with van der Waals surface area (Å²) in [7, 11) is 0. The number of carbonyl (C=O) groups is 1. The molecule has 2 atom stereocenters. The quantitative estimate of drug-likeness (QED) is 0.625. The summed E-state index contributed by atoms with van der Waals surface area (Å²) >= 11 is 0. The van der Waals surface area contributed by atoms with Crippen molar-refractivity contribution in [3.63, 3.8) is 0 Å². The molecule has 1 aromatic heterocycles. The third-order valence-electron chi connectivity index (χ3n) is 2.04. The molecule has 1 rings (SSSR count). The summed E-state index contributed by atoms with van der Waals surface area (Å²) in [6.45, 7) is 1.83. The number of carbonyl (C=O) groups excluding carboxylic acids is 1. The van der Waals surface area contributed by atoms with Gasteiger partial charge in [-0.05, 0) is 19.1 Å². The summed E-state index contributed by atoms with van der Waals surface area (Å²) in [6.07, 6.45) is 2.43. The van der Waals surface area contributed by atoms with E-state index in [9.17, 15) is 4.79 Å². The molecule has 2 unspecified atom stereocenters. The number of amides is 1. The maximum atomic E-state index is 11.5. The van der Waals surface area contributed by atoms with Crippen LogP contribution in [0.4, 0.5) is 0 Å². The Hall–Kier alpha value is -1.46. The zero-order valence-corrected chi connectivity index (χ0v) is 8.55. The molecule has 5 nitrogen and oxygen atoms in total. The lowest BCUT2D eigenvalue weighted by Crippen LogP contribution is -2.43. The van der Waals surface area contributed by atoms with Crippen LogP contribution in [0.15, 0.2) is 24.5 Å². The minimum absolute atomic E-state index is 0.237. The highest BCUT2D eigenvalue weighted by Gasteiger charge is 2.11.